The maximum absolute atomic E-state index is 5.83. The summed E-state index contributed by atoms with van der Waals surface area (Å²) < 4.78 is 5.83. The zero-order valence-corrected chi connectivity index (χ0v) is 8.68. The predicted molar refractivity (Wildman–Crippen MR) is 54.9 cm³/mol. The molecule has 2 unspecified atom stereocenters. The molecule has 0 N–H and O–H groups in total. The van der Waals surface area contributed by atoms with Gasteiger partial charge in [0.15, 0.2) is 0 Å². The van der Waals surface area contributed by atoms with Gasteiger partial charge in [0.05, 0.1) is 6.17 Å². The van der Waals surface area contributed by atoms with E-state index in [1.165, 1.54) is 0 Å². The SMILES string of the molecule is CN1CCN(C)C1C12C=CC=CC1O2. The molecule has 0 bridgehead atoms. The van der Waals surface area contributed by atoms with E-state index in [1.54, 1.807) is 0 Å². The van der Waals surface area contributed by atoms with E-state index < -0.39 is 0 Å². The molecule has 2 heterocycles. The highest BCUT2D eigenvalue weighted by Gasteiger charge is 2.62. The molecule has 3 aliphatic rings. The number of hydrogen-bond donors (Lipinski definition) is 0. The Kier molecular flexibility index (Phi) is 1.66. The fourth-order valence-electron chi connectivity index (χ4n) is 2.76. The minimum absolute atomic E-state index is 0.0469. The number of hydrogen-bond acceptors (Lipinski definition) is 3. The van der Waals surface area contributed by atoms with E-state index in [2.05, 4.69) is 48.2 Å². The second kappa shape index (κ2) is 2.69. The largest absolute Gasteiger partial charge is 0.354 e. The van der Waals surface area contributed by atoms with Crippen molar-refractivity contribution in [1.82, 2.24) is 9.80 Å². The first-order valence-electron chi connectivity index (χ1n) is 5.18. The summed E-state index contributed by atoms with van der Waals surface area (Å²) in [5.41, 5.74) is -0.0469. The van der Waals surface area contributed by atoms with Crippen LogP contribution in [0.2, 0.25) is 0 Å². The summed E-state index contributed by atoms with van der Waals surface area (Å²) in [4.78, 5) is 4.76. The van der Waals surface area contributed by atoms with Crippen LogP contribution in [0.1, 0.15) is 0 Å². The fraction of sp³-hybridized carbons (Fsp3) is 0.636. The molecule has 0 aromatic heterocycles. The number of nitrogens with zero attached hydrogens (tertiary/aromatic N) is 2. The van der Waals surface area contributed by atoms with Crippen LogP contribution in [0.4, 0.5) is 0 Å². The second-order valence-corrected chi connectivity index (χ2v) is 4.47. The molecular formula is C11H16N2O. The van der Waals surface area contributed by atoms with Gasteiger partial charge in [-0.05, 0) is 20.2 Å². The van der Waals surface area contributed by atoms with E-state index in [0.29, 0.717) is 12.3 Å². The zero-order chi connectivity index (χ0) is 9.76. The summed E-state index contributed by atoms with van der Waals surface area (Å²) in [7, 11) is 4.35. The van der Waals surface area contributed by atoms with E-state index in [-0.39, 0.29) is 5.60 Å². The van der Waals surface area contributed by atoms with Crippen LogP contribution < -0.4 is 0 Å². The molecule has 2 saturated heterocycles. The third-order valence-corrected chi connectivity index (χ3v) is 3.52. The van der Waals surface area contributed by atoms with Crippen molar-refractivity contribution in [3.8, 4) is 0 Å². The minimum atomic E-state index is -0.0469. The molecule has 0 spiro atoms. The number of fused-ring (bicyclic) bond motifs is 1. The highest BCUT2D eigenvalue weighted by atomic mass is 16.6. The molecule has 3 nitrogen and oxygen atoms in total. The van der Waals surface area contributed by atoms with Crippen LogP contribution in [0.25, 0.3) is 0 Å². The van der Waals surface area contributed by atoms with Gasteiger partial charge in [0.25, 0.3) is 0 Å². The van der Waals surface area contributed by atoms with E-state index in [4.69, 9.17) is 4.74 Å². The number of likely N-dealkylation sites (N-methyl/N-ethyl adjacent to an activating group) is 2. The molecule has 3 rings (SSSR count). The number of allylic oxidation sites excluding steroid dienone is 2. The molecular weight excluding hydrogens is 176 g/mol. The summed E-state index contributed by atoms with van der Waals surface area (Å²) in [6.07, 6.45) is 9.25. The Balaban J connectivity index is 1.89. The smallest absolute Gasteiger partial charge is 0.146 e. The maximum Gasteiger partial charge on any atom is 0.146 e. The molecule has 14 heavy (non-hydrogen) atoms. The van der Waals surface area contributed by atoms with Gasteiger partial charge in [0.1, 0.15) is 11.7 Å². The molecule has 3 heteroatoms. The normalized spacial score (nSPS) is 43.1. The van der Waals surface area contributed by atoms with Crippen molar-refractivity contribution in [3.63, 3.8) is 0 Å². The number of rotatable bonds is 1. The van der Waals surface area contributed by atoms with Crippen molar-refractivity contribution in [3.05, 3.63) is 24.3 Å². The lowest BCUT2D eigenvalue weighted by molar-refractivity contribution is 0.108. The van der Waals surface area contributed by atoms with Crippen molar-refractivity contribution in [2.24, 2.45) is 0 Å². The highest BCUT2D eigenvalue weighted by molar-refractivity contribution is 5.34. The Morgan fingerprint density at radius 1 is 1.21 bits per heavy atom. The summed E-state index contributed by atoms with van der Waals surface area (Å²) in [6, 6.07) is 0. The van der Waals surface area contributed by atoms with Gasteiger partial charge in [-0.1, -0.05) is 18.2 Å². The van der Waals surface area contributed by atoms with Gasteiger partial charge < -0.3 is 4.74 Å². The summed E-state index contributed by atoms with van der Waals surface area (Å²) >= 11 is 0. The minimum Gasteiger partial charge on any atom is -0.354 e. The molecule has 0 aromatic carbocycles. The monoisotopic (exact) mass is 192 g/mol. The Morgan fingerprint density at radius 3 is 2.57 bits per heavy atom. The maximum atomic E-state index is 5.83. The fourth-order valence-corrected chi connectivity index (χ4v) is 2.76. The summed E-state index contributed by atoms with van der Waals surface area (Å²) in [5.74, 6) is 0. The first kappa shape index (κ1) is 8.65. The highest BCUT2D eigenvalue weighted by Crippen LogP contribution is 2.47. The molecule has 1 aliphatic carbocycles. The Hall–Kier alpha value is -0.640. The average Bonchev–Trinajstić information content (AvgIpc) is 2.81. The number of ether oxygens (including phenoxy) is 1. The second-order valence-electron chi connectivity index (χ2n) is 4.47. The standard InChI is InChI=1S/C11H16N2O/c1-12-7-8-13(2)10(12)11-6-4-3-5-9(11)14-11/h3-6,9-10H,7-8H2,1-2H3. The van der Waals surface area contributed by atoms with Crippen LogP contribution in [-0.4, -0.2) is 54.9 Å². The Bertz CT molecular complexity index is 302. The van der Waals surface area contributed by atoms with Crippen LogP contribution in [0.5, 0.6) is 0 Å². The Labute approximate surface area is 84.6 Å². The molecule has 2 aliphatic heterocycles. The van der Waals surface area contributed by atoms with Gasteiger partial charge in [-0.2, -0.15) is 0 Å². The van der Waals surface area contributed by atoms with Crippen LogP contribution in [0.3, 0.4) is 0 Å². The van der Waals surface area contributed by atoms with Gasteiger partial charge in [0, 0.05) is 13.1 Å². The van der Waals surface area contributed by atoms with Crippen LogP contribution in [0, 0.1) is 0 Å². The van der Waals surface area contributed by atoms with E-state index in [9.17, 15) is 0 Å². The van der Waals surface area contributed by atoms with Crippen LogP contribution in [0.15, 0.2) is 24.3 Å². The molecule has 0 saturated carbocycles. The van der Waals surface area contributed by atoms with Gasteiger partial charge in [-0.3, -0.25) is 9.80 Å². The van der Waals surface area contributed by atoms with Crippen molar-refractivity contribution in [2.45, 2.75) is 17.9 Å². The number of epoxide rings is 1. The van der Waals surface area contributed by atoms with Crippen LogP contribution >= 0.6 is 0 Å². The Morgan fingerprint density at radius 2 is 1.93 bits per heavy atom. The first-order chi connectivity index (χ1) is 6.74. The van der Waals surface area contributed by atoms with Gasteiger partial charge in [-0.25, -0.2) is 0 Å². The van der Waals surface area contributed by atoms with E-state index in [1.807, 2.05) is 0 Å². The van der Waals surface area contributed by atoms with Crippen molar-refractivity contribution in [1.29, 1.82) is 0 Å². The average molecular weight is 192 g/mol. The molecule has 76 valence electrons. The molecule has 0 aromatic rings. The zero-order valence-electron chi connectivity index (χ0n) is 8.68. The van der Waals surface area contributed by atoms with Gasteiger partial charge in [0.2, 0.25) is 0 Å². The van der Waals surface area contributed by atoms with E-state index >= 15 is 0 Å². The lowest BCUT2D eigenvalue weighted by atomic mass is 9.96. The third kappa shape index (κ3) is 0.975. The molecule has 0 amide bonds. The first-order valence-corrected chi connectivity index (χ1v) is 5.18. The van der Waals surface area contributed by atoms with Gasteiger partial charge in [-0.15, -0.1) is 0 Å². The van der Waals surface area contributed by atoms with Crippen molar-refractivity contribution >= 4 is 0 Å². The van der Waals surface area contributed by atoms with Crippen molar-refractivity contribution < 1.29 is 4.74 Å². The molecule has 2 fully saturated rings. The lowest BCUT2D eigenvalue weighted by Crippen LogP contribution is -2.47. The van der Waals surface area contributed by atoms with Gasteiger partial charge >= 0.3 is 0 Å². The lowest BCUT2D eigenvalue weighted by Gasteiger charge is -2.29. The summed E-state index contributed by atoms with van der Waals surface area (Å²) in [6.45, 7) is 2.27. The quantitative estimate of drug-likeness (QED) is 0.562. The van der Waals surface area contributed by atoms with Crippen molar-refractivity contribution in [2.75, 3.05) is 27.2 Å². The third-order valence-electron chi connectivity index (χ3n) is 3.52. The molecule has 0 radical (unpaired) electrons. The predicted octanol–water partition coefficient (Wildman–Crippen LogP) is 0.453. The van der Waals surface area contributed by atoms with Crippen LogP contribution in [-0.2, 0) is 4.74 Å². The molecule has 2 atom stereocenters. The summed E-state index contributed by atoms with van der Waals surface area (Å²) in [5, 5.41) is 0. The van der Waals surface area contributed by atoms with E-state index in [0.717, 1.165) is 13.1 Å². The topological polar surface area (TPSA) is 19.0 Å².